The summed E-state index contributed by atoms with van der Waals surface area (Å²) in [5, 5.41) is 5.56. The largest absolute Gasteiger partial charge is 0.451 e. The Bertz CT molecular complexity index is 971. The van der Waals surface area contributed by atoms with E-state index >= 15 is 0 Å². The topological polar surface area (TPSA) is 71.3 Å². The van der Waals surface area contributed by atoms with Crippen molar-refractivity contribution >= 4 is 23.2 Å². The number of rotatable bonds is 5. The van der Waals surface area contributed by atoms with Crippen molar-refractivity contribution in [1.82, 2.24) is 0 Å². The van der Waals surface area contributed by atoms with Crippen molar-refractivity contribution < 1.29 is 14.0 Å². The van der Waals surface area contributed by atoms with Gasteiger partial charge in [-0.05, 0) is 67.4 Å². The molecule has 1 heterocycles. The summed E-state index contributed by atoms with van der Waals surface area (Å²) in [6.45, 7) is 5.89. The molecule has 1 aromatic heterocycles. The fourth-order valence-corrected chi connectivity index (χ4v) is 2.59. The van der Waals surface area contributed by atoms with E-state index < -0.39 is 0 Å². The highest BCUT2D eigenvalue weighted by atomic mass is 16.3. The molecule has 0 fully saturated rings. The second-order valence-corrected chi connectivity index (χ2v) is 6.40. The fraction of sp³-hybridized carbons (Fsp3) is 0.182. The van der Waals surface area contributed by atoms with Gasteiger partial charge in [-0.25, -0.2) is 0 Å². The summed E-state index contributed by atoms with van der Waals surface area (Å²) in [5.41, 5.74) is 4.63. The molecule has 0 aliphatic rings. The smallest absolute Gasteiger partial charge is 0.291 e. The molecule has 0 saturated heterocycles. The number of benzene rings is 2. The lowest BCUT2D eigenvalue weighted by molar-refractivity contribution is -0.115. The lowest BCUT2D eigenvalue weighted by atomic mass is 10.1. The van der Waals surface area contributed by atoms with Crippen LogP contribution in [0.1, 0.15) is 35.0 Å². The molecule has 0 spiro atoms. The zero-order chi connectivity index (χ0) is 19.4. The molecular formula is C22H22N2O3. The molecule has 2 amide bonds. The third-order valence-electron chi connectivity index (χ3n) is 4.37. The molecule has 2 aromatic carbocycles. The second-order valence-electron chi connectivity index (χ2n) is 6.40. The van der Waals surface area contributed by atoms with E-state index in [9.17, 15) is 9.59 Å². The molecular weight excluding hydrogens is 340 g/mol. The Kier molecular flexibility index (Phi) is 5.41. The zero-order valence-corrected chi connectivity index (χ0v) is 15.6. The Hall–Kier alpha value is -3.34. The molecule has 138 valence electrons. The minimum Gasteiger partial charge on any atom is -0.451 e. The third-order valence-corrected chi connectivity index (χ3v) is 4.37. The Balaban J connectivity index is 1.69. The predicted octanol–water partition coefficient (Wildman–Crippen LogP) is 5.16. The highest BCUT2D eigenvalue weighted by molar-refractivity contribution is 6.02. The van der Waals surface area contributed by atoms with Crippen LogP contribution in [0.25, 0.3) is 11.3 Å². The van der Waals surface area contributed by atoms with Gasteiger partial charge in [0.2, 0.25) is 5.91 Å². The molecule has 0 saturated carbocycles. The van der Waals surface area contributed by atoms with E-state index in [-0.39, 0.29) is 17.6 Å². The van der Waals surface area contributed by atoms with E-state index in [0.717, 1.165) is 5.56 Å². The molecule has 3 rings (SSSR count). The van der Waals surface area contributed by atoms with Crippen molar-refractivity contribution in [3.05, 3.63) is 71.5 Å². The summed E-state index contributed by atoms with van der Waals surface area (Å²) in [6, 6.07) is 16.5. The first kappa shape index (κ1) is 18.5. The Morgan fingerprint density at radius 2 is 1.52 bits per heavy atom. The minimum atomic E-state index is -0.324. The number of furan rings is 1. The first-order valence-corrected chi connectivity index (χ1v) is 8.85. The quantitative estimate of drug-likeness (QED) is 0.658. The van der Waals surface area contributed by atoms with Crippen molar-refractivity contribution in [2.75, 3.05) is 10.6 Å². The Morgan fingerprint density at radius 3 is 2.15 bits per heavy atom. The summed E-state index contributed by atoms with van der Waals surface area (Å²) >= 11 is 0. The highest BCUT2D eigenvalue weighted by Gasteiger charge is 2.13. The predicted molar refractivity (Wildman–Crippen MR) is 107 cm³/mol. The van der Waals surface area contributed by atoms with Gasteiger partial charge in [-0.15, -0.1) is 0 Å². The molecule has 27 heavy (non-hydrogen) atoms. The maximum atomic E-state index is 12.4. The number of carbonyl (C=O) groups excluding carboxylic acids is 2. The number of hydrogen-bond acceptors (Lipinski definition) is 3. The molecule has 3 aromatic rings. The van der Waals surface area contributed by atoms with Crippen molar-refractivity contribution in [1.29, 1.82) is 0 Å². The van der Waals surface area contributed by atoms with Crippen LogP contribution in [-0.4, -0.2) is 11.8 Å². The summed E-state index contributed by atoms with van der Waals surface area (Å²) < 4.78 is 5.72. The van der Waals surface area contributed by atoms with Crippen LogP contribution < -0.4 is 10.6 Å². The maximum absolute atomic E-state index is 12.4. The van der Waals surface area contributed by atoms with Gasteiger partial charge < -0.3 is 15.1 Å². The monoisotopic (exact) mass is 362 g/mol. The van der Waals surface area contributed by atoms with Crippen LogP contribution in [0.3, 0.4) is 0 Å². The van der Waals surface area contributed by atoms with E-state index in [1.54, 1.807) is 43.3 Å². The van der Waals surface area contributed by atoms with Crippen LogP contribution >= 0.6 is 0 Å². The lowest BCUT2D eigenvalue weighted by Crippen LogP contribution is -2.11. The van der Waals surface area contributed by atoms with Crippen molar-refractivity contribution in [3.8, 4) is 11.3 Å². The first-order valence-electron chi connectivity index (χ1n) is 8.85. The molecule has 0 aliphatic heterocycles. The molecule has 0 unspecified atom stereocenters. The number of anilines is 2. The van der Waals surface area contributed by atoms with Crippen molar-refractivity contribution in [2.24, 2.45) is 0 Å². The fourth-order valence-electron chi connectivity index (χ4n) is 2.59. The van der Waals surface area contributed by atoms with Gasteiger partial charge in [0.25, 0.3) is 5.91 Å². The SMILES string of the molecule is CCC(=O)Nc1ccc(NC(=O)c2ccc(-c3ccc(C)c(C)c3)o2)cc1. The third kappa shape index (κ3) is 4.44. The number of nitrogens with one attached hydrogen (secondary N) is 2. The lowest BCUT2D eigenvalue weighted by Gasteiger charge is -2.06. The van der Waals surface area contributed by atoms with E-state index in [4.69, 9.17) is 4.42 Å². The van der Waals surface area contributed by atoms with Gasteiger partial charge in [0, 0.05) is 23.4 Å². The zero-order valence-electron chi connectivity index (χ0n) is 15.6. The van der Waals surface area contributed by atoms with Crippen LogP contribution in [0.5, 0.6) is 0 Å². The summed E-state index contributed by atoms with van der Waals surface area (Å²) in [6.07, 6.45) is 0.416. The molecule has 0 atom stereocenters. The average Bonchev–Trinajstić information content (AvgIpc) is 3.16. The van der Waals surface area contributed by atoms with Crippen molar-refractivity contribution in [2.45, 2.75) is 27.2 Å². The van der Waals surface area contributed by atoms with E-state index in [2.05, 4.69) is 17.6 Å². The number of amides is 2. The summed E-state index contributed by atoms with van der Waals surface area (Å²) in [5.74, 6) is 0.518. The normalized spacial score (nSPS) is 10.5. The second kappa shape index (κ2) is 7.91. The van der Waals surface area contributed by atoms with Crippen LogP contribution in [-0.2, 0) is 4.79 Å². The van der Waals surface area contributed by atoms with Gasteiger partial charge in [-0.2, -0.15) is 0 Å². The van der Waals surface area contributed by atoms with Crippen LogP contribution in [0.15, 0.2) is 59.0 Å². The summed E-state index contributed by atoms with van der Waals surface area (Å²) in [7, 11) is 0. The van der Waals surface area contributed by atoms with Gasteiger partial charge in [-0.3, -0.25) is 9.59 Å². The molecule has 5 heteroatoms. The minimum absolute atomic E-state index is 0.0544. The highest BCUT2D eigenvalue weighted by Crippen LogP contribution is 2.25. The van der Waals surface area contributed by atoms with Gasteiger partial charge in [0.15, 0.2) is 5.76 Å². The number of carbonyl (C=O) groups is 2. The standard InChI is InChI=1S/C22H22N2O3/c1-4-21(25)23-17-7-9-18(10-8-17)24-22(26)20-12-11-19(27-20)16-6-5-14(2)15(3)13-16/h5-13H,4H2,1-3H3,(H,23,25)(H,24,26). The van der Waals surface area contributed by atoms with Gasteiger partial charge in [0.1, 0.15) is 5.76 Å². The van der Waals surface area contributed by atoms with E-state index in [1.807, 2.05) is 25.1 Å². The molecule has 0 aliphatic carbocycles. The van der Waals surface area contributed by atoms with E-state index in [1.165, 1.54) is 11.1 Å². The van der Waals surface area contributed by atoms with Crippen LogP contribution in [0, 0.1) is 13.8 Å². The van der Waals surface area contributed by atoms with Gasteiger partial charge >= 0.3 is 0 Å². The molecule has 0 bridgehead atoms. The van der Waals surface area contributed by atoms with Gasteiger partial charge in [-0.1, -0.05) is 19.1 Å². The van der Waals surface area contributed by atoms with Crippen molar-refractivity contribution in [3.63, 3.8) is 0 Å². The Labute approximate surface area is 158 Å². The van der Waals surface area contributed by atoms with Gasteiger partial charge in [0.05, 0.1) is 0 Å². The first-order chi connectivity index (χ1) is 13.0. The maximum Gasteiger partial charge on any atom is 0.291 e. The molecule has 0 radical (unpaired) electrons. The number of hydrogen-bond donors (Lipinski definition) is 2. The van der Waals surface area contributed by atoms with E-state index in [0.29, 0.717) is 23.6 Å². The Morgan fingerprint density at radius 1 is 0.852 bits per heavy atom. The van der Waals surface area contributed by atoms with Crippen LogP contribution in [0.4, 0.5) is 11.4 Å². The van der Waals surface area contributed by atoms with Crippen LogP contribution in [0.2, 0.25) is 0 Å². The number of aryl methyl sites for hydroxylation is 2. The summed E-state index contributed by atoms with van der Waals surface area (Å²) in [4.78, 5) is 23.8. The average molecular weight is 362 g/mol. The molecule has 2 N–H and O–H groups in total. The molecule has 5 nitrogen and oxygen atoms in total.